The maximum Gasteiger partial charge on any atom is 0.299 e. The van der Waals surface area contributed by atoms with Gasteiger partial charge in [0.2, 0.25) is 0 Å². The Morgan fingerprint density at radius 1 is 1.73 bits per heavy atom. The van der Waals surface area contributed by atoms with Gasteiger partial charge in [0, 0.05) is 23.8 Å². The van der Waals surface area contributed by atoms with Gasteiger partial charge in [0.1, 0.15) is 0 Å². The summed E-state index contributed by atoms with van der Waals surface area (Å²) in [5.41, 5.74) is 0. The fourth-order valence-corrected chi connectivity index (χ4v) is 1.39. The third-order valence-corrected chi connectivity index (χ3v) is 3.05. The molecule has 0 aliphatic rings. The zero-order valence-electron chi connectivity index (χ0n) is 6.28. The van der Waals surface area contributed by atoms with Gasteiger partial charge in [-0.3, -0.25) is 0 Å². The minimum absolute atomic E-state index is 0.141. The summed E-state index contributed by atoms with van der Waals surface area (Å²) in [5, 5.41) is 8.24. The molecule has 0 fully saturated rings. The van der Waals surface area contributed by atoms with E-state index in [0.29, 0.717) is 0 Å². The van der Waals surface area contributed by atoms with Gasteiger partial charge in [-0.2, -0.15) is 18.0 Å². The number of nitrogens with zero attached hydrogens (tertiary/aromatic N) is 2. The highest BCUT2D eigenvalue weighted by molar-refractivity contribution is 8.11. The van der Waals surface area contributed by atoms with Crippen LogP contribution in [0.5, 0.6) is 0 Å². The van der Waals surface area contributed by atoms with E-state index in [1.165, 1.54) is 7.05 Å². The van der Waals surface area contributed by atoms with E-state index in [2.05, 4.69) is 0 Å². The largest absolute Gasteiger partial charge is 0.299 e. The Morgan fingerprint density at radius 2 is 2.18 bits per heavy atom. The summed E-state index contributed by atoms with van der Waals surface area (Å²) in [7, 11) is 2.67. The molecule has 0 bridgehead atoms. The highest BCUT2D eigenvalue weighted by Gasteiger charge is 2.19. The molecule has 0 heterocycles. The Balaban J connectivity index is 4.28. The molecule has 0 radical (unpaired) electrons. The summed E-state index contributed by atoms with van der Waals surface area (Å²) < 4.78 is 22.2. The quantitative estimate of drug-likeness (QED) is 0.625. The monoisotopic (exact) mass is 196 g/mol. The van der Waals surface area contributed by atoms with Gasteiger partial charge in [-0.25, -0.2) is 0 Å². The fraction of sp³-hybridized carbons (Fsp3) is 0.800. The topological polar surface area (TPSA) is 61.2 Å². The molecule has 0 saturated carbocycles. The lowest BCUT2D eigenvalue weighted by Gasteiger charge is -2.17. The minimum atomic E-state index is -3.67. The summed E-state index contributed by atoms with van der Waals surface area (Å²) in [6, 6.07) is 1.48. The SMILES string of the molecule is C[C@@H](CC#N)N(C)S(=O)(=O)Cl. The van der Waals surface area contributed by atoms with Crippen LogP contribution < -0.4 is 0 Å². The first-order valence-electron chi connectivity index (χ1n) is 2.94. The average Bonchev–Trinajstić information content (AvgIpc) is 1.85. The van der Waals surface area contributed by atoms with Crippen LogP contribution in [0.4, 0.5) is 0 Å². The van der Waals surface area contributed by atoms with E-state index in [0.717, 1.165) is 4.31 Å². The Hall–Kier alpha value is -0.310. The van der Waals surface area contributed by atoms with Crippen molar-refractivity contribution in [1.82, 2.24) is 4.31 Å². The molecule has 0 aliphatic carbocycles. The molecule has 0 aromatic carbocycles. The van der Waals surface area contributed by atoms with Crippen LogP contribution in [0.1, 0.15) is 13.3 Å². The second-order valence-corrected chi connectivity index (χ2v) is 4.74. The van der Waals surface area contributed by atoms with Crippen LogP contribution in [-0.4, -0.2) is 25.8 Å². The summed E-state index contributed by atoms with van der Waals surface area (Å²) in [4.78, 5) is 0. The van der Waals surface area contributed by atoms with Crippen LogP contribution >= 0.6 is 10.7 Å². The number of hydrogen-bond donors (Lipinski definition) is 0. The van der Waals surface area contributed by atoms with Gasteiger partial charge in [-0.05, 0) is 6.92 Å². The molecule has 0 spiro atoms. The molecule has 4 nitrogen and oxygen atoms in total. The maximum absolute atomic E-state index is 10.6. The number of nitriles is 1. The van der Waals surface area contributed by atoms with Gasteiger partial charge in [-0.1, -0.05) is 0 Å². The van der Waals surface area contributed by atoms with E-state index >= 15 is 0 Å². The van der Waals surface area contributed by atoms with Crippen LogP contribution in [-0.2, 0) is 9.24 Å². The van der Waals surface area contributed by atoms with Gasteiger partial charge in [0.15, 0.2) is 0 Å². The lowest BCUT2D eigenvalue weighted by Crippen LogP contribution is -2.31. The molecular weight excluding hydrogens is 188 g/mol. The third-order valence-electron chi connectivity index (χ3n) is 1.35. The van der Waals surface area contributed by atoms with Crippen molar-refractivity contribution >= 4 is 19.9 Å². The number of rotatable bonds is 3. The molecule has 0 N–H and O–H groups in total. The van der Waals surface area contributed by atoms with Crippen LogP contribution in [0.15, 0.2) is 0 Å². The Bertz CT molecular complexity index is 256. The minimum Gasteiger partial charge on any atom is -0.198 e. The average molecular weight is 197 g/mol. The predicted octanol–water partition coefficient (Wildman–Crippen LogP) is 0.704. The Kier molecular flexibility index (Phi) is 3.79. The second kappa shape index (κ2) is 3.90. The smallest absolute Gasteiger partial charge is 0.198 e. The summed E-state index contributed by atoms with van der Waals surface area (Å²) in [6.45, 7) is 1.61. The van der Waals surface area contributed by atoms with Crippen molar-refractivity contribution < 1.29 is 8.42 Å². The third kappa shape index (κ3) is 3.56. The van der Waals surface area contributed by atoms with Crippen molar-refractivity contribution in [2.75, 3.05) is 7.05 Å². The van der Waals surface area contributed by atoms with E-state index in [9.17, 15) is 8.42 Å². The molecule has 0 amide bonds. The lowest BCUT2D eigenvalue weighted by molar-refractivity contribution is 0.402. The van der Waals surface area contributed by atoms with Gasteiger partial charge in [-0.15, -0.1) is 0 Å². The first-order valence-corrected chi connectivity index (χ1v) is 5.20. The highest BCUT2D eigenvalue weighted by Crippen LogP contribution is 2.09. The van der Waals surface area contributed by atoms with Gasteiger partial charge < -0.3 is 0 Å². The molecule has 0 rings (SSSR count). The first kappa shape index (κ1) is 10.7. The molecule has 6 heteroatoms. The van der Waals surface area contributed by atoms with Crippen molar-refractivity contribution in [3.8, 4) is 6.07 Å². The molecular formula is C5H9ClN2O2S. The zero-order chi connectivity index (χ0) is 9.07. The molecule has 0 saturated heterocycles. The van der Waals surface area contributed by atoms with Gasteiger partial charge in [0.05, 0.1) is 12.5 Å². The van der Waals surface area contributed by atoms with E-state index < -0.39 is 9.24 Å². The summed E-state index contributed by atoms with van der Waals surface area (Å²) in [5.74, 6) is 0. The molecule has 0 unspecified atom stereocenters. The first-order chi connectivity index (χ1) is 4.89. The second-order valence-electron chi connectivity index (χ2n) is 2.17. The molecule has 1 atom stereocenters. The molecule has 11 heavy (non-hydrogen) atoms. The van der Waals surface area contributed by atoms with E-state index in [1.807, 2.05) is 6.07 Å². The van der Waals surface area contributed by atoms with Crippen molar-refractivity contribution in [1.29, 1.82) is 5.26 Å². The van der Waals surface area contributed by atoms with Crippen molar-refractivity contribution in [2.24, 2.45) is 0 Å². The van der Waals surface area contributed by atoms with E-state index in [-0.39, 0.29) is 12.5 Å². The predicted molar refractivity (Wildman–Crippen MR) is 42.2 cm³/mol. The molecule has 0 aromatic rings. The lowest BCUT2D eigenvalue weighted by atomic mass is 10.3. The summed E-state index contributed by atoms with van der Waals surface area (Å²) in [6.07, 6.45) is 0.141. The van der Waals surface area contributed by atoms with Crippen molar-refractivity contribution in [3.63, 3.8) is 0 Å². The van der Waals surface area contributed by atoms with Crippen LogP contribution in [0.2, 0.25) is 0 Å². The van der Waals surface area contributed by atoms with Crippen LogP contribution in [0.25, 0.3) is 0 Å². The Labute approximate surface area is 70.9 Å². The van der Waals surface area contributed by atoms with Crippen molar-refractivity contribution in [2.45, 2.75) is 19.4 Å². The normalized spacial score (nSPS) is 14.5. The van der Waals surface area contributed by atoms with Crippen molar-refractivity contribution in [3.05, 3.63) is 0 Å². The maximum atomic E-state index is 10.6. The van der Waals surface area contributed by atoms with Crippen LogP contribution in [0, 0.1) is 11.3 Å². The van der Waals surface area contributed by atoms with E-state index in [1.54, 1.807) is 6.92 Å². The molecule has 0 aliphatic heterocycles. The number of hydrogen-bond acceptors (Lipinski definition) is 3. The van der Waals surface area contributed by atoms with Gasteiger partial charge >= 0.3 is 0 Å². The molecule has 64 valence electrons. The summed E-state index contributed by atoms with van der Waals surface area (Å²) >= 11 is 0. The Morgan fingerprint density at radius 3 is 2.45 bits per heavy atom. The fourth-order valence-electron chi connectivity index (χ4n) is 0.476. The zero-order valence-corrected chi connectivity index (χ0v) is 7.85. The number of halogens is 1. The van der Waals surface area contributed by atoms with E-state index in [4.69, 9.17) is 15.9 Å². The standard InChI is InChI=1S/C5H9ClN2O2S/c1-5(3-4-7)8(2)11(6,9)10/h5H,3H2,1-2H3/t5-/m0/s1. The highest BCUT2D eigenvalue weighted by atomic mass is 35.7. The van der Waals surface area contributed by atoms with Crippen LogP contribution in [0.3, 0.4) is 0 Å². The van der Waals surface area contributed by atoms with Gasteiger partial charge in [0.25, 0.3) is 9.24 Å². The molecule has 0 aromatic heterocycles.